The second-order valence-electron chi connectivity index (χ2n) is 4.58. The van der Waals surface area contributed by atoms with Crippen LogP contribution in [0.15, 0.2) is 21.2 Å². The predicted molar refractivity (Wildman–Crippen MR) is 75.0 cm³/mol. The van der Waals surface area contributed by atoms with Crippen molar-refractivity contribution in [1.29, 1.82) is 0 Å². The molecule has 0 atom stereocenters. The minimum atomic E-state index is -0.0479. The lowest BCUT2D eigenvalue weighted by molar-refractivity contribution is 0.0616. The van der Waals surface area contributed by atoms with Crippen molar-refractivity contribution >= 4 is 33.4 Å². The molecule has 0 aliphatic heterocycles. The number of hydrogen-bond acceptors (Lipinski definition) is 2. The maximum absolute atomic E-state index is 12.4. The Bertz CT molecular complexity index is 401. The molecule has 0 bridgehead atoms. The van der Waals surface area contributed by atoms with Crippen LogP contribution in [0.5, 0.6) is 0 Å². The van der Waals surface area contributed by atoms with E-state index in [0.29, 0.717) is 28.9 Å². The van der Waals surface area contributed by atoms with Crippen LogP contribution < -0.4 is 0 Å². The van der Waals surface area contributed by atoms with Crippen molar-refractivity contribution in [2.75, 3.05) is 12.4 Å². The minimum absolute atomic E-state index is 0.0479. The first-order chi connectivity index (χ1) is 8.72. The van der Waals surface area contributed by atoms with Crippen LogP contribution in [-0.4, -0.2) is 29.3 Å². The van der Waals surface area contributed by atoms with Crippen LogP contribution in [0.3, 0.4) is 0 Å². The topological polar surface area (TPSA) is 33.5 Å². The maximum Gasteiger partial charge on any atom is 0.289 e. The van der Waals surface area contributed by atoms with E-state index in [4.69, 9.17) is 16.0 Å². The summed E-state index contributed by atoms with van der Waals surface area (Å²) in [5.41, 5.74) is 0. The molecule has 1 aliphatic carbocycles. The highest BCUT2D eigenvalue weighted by Crippen LogP contribution is 2.25. The van der Waals surface area contributed by atoms with Gasteiger partial charge in [-0.25, -0.2) is 0 Å². The first-order valence-corrected chi connectivity index (χ1v) is 7.67. The van der Waals surface area contributed by atoms with Gasteiger partial charge in [0.25, 0.3) is 5.91 Å². The normalized spacial score (nSPS) is 16.8. The molecule has 1 fully saturated rings. The molecule has 1 aromatic rings. The Morgan fingerprint density at radius 3 is 2.67 bits per heavy atom. The minimum Gasteiger partial charge on any atom is -0.444 e. The fourth-order valence-corrected chi connectivity index (χ4v) is 2.99. The lowest BCUT2D eigenvalue weighted by Crippen LogP contribution is -2.42. The van der Waals surface area contributed by atoms with Crippen LogP contribution in [0.25, 0.3) is 0 Å². The Morgan fingerprint density at radius 2 is 2.11 bits per heavy atom. The van der Waals surface area contributed by atoms with Crippen molar-refractivity contribution in [2.45, 2.75) is 38.1 Å². The molecule has 0 radical (unpaired) electrons. The quantitative estimate of drug-likeness (QED) is 0.778. The van der Waals surface area contributed by atoms with Crippen molar-refractivity contribution < 1.29 is 9.21 Å². The van der Waals surface area contributed by atoms with Crippen molar-refractivity contribution in [1.82, 2.24) is 4.90 Å². The lowest BCUT2D eigenvalue weighted by atomic mass is 9.94. The highest BCUT2D eigenvalue weighted by Gasteiger charge is 2.27. The number of halogens is 2. The van der Waals surface area contributed by atoms with Crippen molar-refractivity contribution in [3.63, 3.8) is 0 Å². The number of nitrogens with zero attached hydrogens (tertiary/aromatic N) is 1. The molecule has 5 heteroatoms. The van der Waals surface area contributed by atoms with E-state index in [2.05, 4.69) is 15.9 Å². The molecule has 0 unspecified atom stereocenters. The van der Waals surface area contributed by atoms with Gasteiger partial charge in [-0.15, -0.1) is 11.6 Å². The Kier molecular flexibility index (Phi) is 5.13. The first kappa shape index (κ1) is 13.9. The average molecular weight is 335 g/mol. The zero-order chi connectivity index (χ0) is 13.0. The van der Waals surface area contributed by atoms with Crippen LogP contribution in [0.4, 0.5) is 0 Å². The van der Waals surface area contributed by atoms with Gasteiger partial charge < -0.3 is 9.32 Å². The summed E-state index contributed by atoms with van der Waals surface area (Å²) in [6.45, 7) is 0.587. The second kappa shape index (κ2) is 6.62. The molecule has 1 heterocycles. The molecular weight excluding hydrogens is 318 g/mol. The molecule has 1 saturated carbocycles. The highest BCUT2D eigenvalue weighted by molar-refractivity contribution is 9.10. The highest BCUT2D eigenvalue weighted by atomic mass is 79.9. The van der Waals surface area contributed by atoms with Gasteiger partial charge in [0, 0.05) is 18.5 Å². The summed E-state index contributed by atoms with van der Waals surface area (Å²) in [6, 6.07) is 3.76. The molecule has 0 spiro atoms. The molecule has 0 saturated heterocycles. The number of rotatable bonds is 4. The third-order valence-corrected chi connectivity index (χ3v) is 3.98. The van der Waals surface area contributed by atoms with Crippen LogP contribution in [-0.2, 0) is 0 Å². The Labute approximate surface area is 121 Å². The Balaban J connectivity index is 2.10. The van der Waals surface area contributed by atoms with E-state index >= 15 is 0 Å². The monoisotopic (exact) mass is 333 g/mol. The Morgan fingerprint density at radius 1 is 1.39 bits per heavy atom. The summed E-state index contributed by atoms with van der Waals surface area (Å²) in [5.74, 6) is 0.801. The smallest absolute Gasteiger partial charge is 0.289 e. The van der Waals surface area contributed by atoms with Gasteiger partial charge in [0.1, 0.15) is 0 Å². The number of amides is 1. The number of carbonyl (C=O) groups excluding carboxylic acids is 1. The molecule has 1 aromatic heterocycles. The van der Waals surface area contributed by atoms with Crippen LogP contribution in [0.2, 0.25) is 0 Å². The van der Waals surface area contributed by atoms with Gasteiger partial charge in [-0.1, -0.05) is 19.3 Å². The fraction of sp³-hybridized carbons (Fsp3) is 0.615. The van der Waals surface area contributed by atoms with Crippen molar-refractivity contribution in [2.24, 2.45) is 0 Å². The zero-order valence-electron chi connectivity index (χ0n) is 10.2. The van der Waals surface area contributed by atoms with Gasteiger partial charge in [-0.2, -0.15) is 0 Å². The largest absolute Gasteiger partial charge is 0.444 e. The van der Waals surface area contributed by atoms with Gasteiger partial charge in [0.05, 0.1) is 0 Å². The summed E-state index contributed by atoms with van der Waals surface area (Å²) in [5, 5.41) is 0. The Hall–Kier alpha value is -0.480. The number of alkyl halides is 1. The molecule has 2 rings (SSSR count). The van der Waals surface area contributed by atoms with E-state index in [1.165, 1.54) is 19.3 Å². The van der Waals surface area contributed by atoms with Gasteiger partial charge >= 0.3 is 0 Å². The third kappa shape index (κ3) is 3.29. The maximum atomic E-state index is 12.4. The summed E-state index contributed by atoms with van der Waals surface area (Å²) in [6.07, 6.45) is 5.80. The number of furan rings is 1. The summed E-state index contributed by atoms with van der Waals surface area (Å²) < 4.78 is 5.93. The van der Waals surface area contributed by atoms with E-state index in [1.54, 1.807) is 12.1 Å². The summed E-state index contributed by atoms with van der Waals surface area (Å²) in [7, 11) is 0. The van der Waals surface area contributed by atoms with Crippen molar-refractivity contribution in [3.05, 3.63) is 22.6 Å². The SMILES string of the molecule is O=C(c1ccc(Br)o1)N(CCCl)C1CCCCC1. The van der Waals surface area contributed by atoms with E-state index in [9.17, 15) is 4.79 Å². The van der Waals surface area contributed by atoms with Crippen LogP contribution in [0.1, 0.15) is 42.7 Å². The molecule has 1 amide bonds. The number of hydrogen-bond donors (Lipinski definition) is 0. The van der Waals surface area contributed by atoms with Gasteiger partial charge in [0.2, 0.25) is 0 Å². The zero-order valence-corrected chi connectivity index (χ0v) is 12.5. The van der Waals surface area contributed by atoms with E-state index in [1.807, 2.05) is 4.90 Å². The van der Waals surface area contributed by atoms with E-state index in [-0.39, 0.29) is 5.91 Å². The summed E-state index contributed by atoms with van der Waals surface area (Å²) >= 11 is 9.04. The predicted octanol–water partition coefficient (Wildman–Crippen LogP) is 4.06. The van der Waals surface area contributed by atoms with E-state index in [0.717, 1.165) is 12.8 Å². The van der Waals surface area contributed by atoms with Gasteiger partial charge in [-0.05, 0) is 40.9 Å². The average Bonchev–Trinajstić information content (AvgIpc) is 2.83. The number of carbonyl (C=O) groups is 1. The standard InChI is InChI=1S/C13H17BrClNO2/c14-12-7-6-11(18-12)13(17)16(9-8-15)10-4-2-1-3-5-10/h6-7,10H,1-5,8-9H2. The second-order valence-corrected chi connectivity index (χ2v) is 5.74. The van der Waals surface area contributed by atoms with Crippen molar-refractivity contribution in [3.8, 4) is 0 Å². The van der Waals surface area contributed by atoms with Gasteiger partial charge in [-0.3, -0.25) is 4.79 Å². The van der Waals surface area contributed by atoms with Crippen LogP contribution >= 0.6 is 27.5 Å². The molecule has 0 N–H and O–H groups in total. The third-order valence-electron chi connectivity index (χ3n) is 3.39. The molecular formula is C13H17BrClNO2. The first-order valence-electron chi connectivity index (χ1n) is 6.34. The van der Waals surface area contributed by atoms with Crippen LogP contribution in [0, 0.1) is 0 Å². The van der Waals surface area contributed by atoms with E-state index < -0.39 is 0 Å². The summed E-state index contributed by atoms with van der Waals surface area (Å²) in [4.78, 5) is 14.3. The molecule has 1 aliphatic rings. The molecule has 0 aromatic carbocycles. The fourth-order valence-electron chi connectivity index (χ4n) is 2.50. The van der Waals surface area contributed by atoms with Gasteiger partial charge in [0.15, 0.2) is 10.4 Å². The molecule has 3 nitrogen and oxygen atoms in total. The molecule has 18 heavy (non-hydrogen) atoms. The molecule has 100 valence electrons. The lowest BCUT2D eigenvalue weighted by Gasteiger charge is -2.33.